The van der Waals surface area contributed by atoms with E-state index < -0.39 is 6.17 Å². The number of aliphatic imine (C=N–C) groups is 2. The third-order valence-electron chi connectivity index (χ3n) is 12.2. The Morgan fingerprint density at radius 1 is 0.459 bits per heavy atom. The maximum atomic E-state index is 6.54. The molecule has 1 aliphatic rings. The Bertz CT molecular complexity index is 3810. The maximum Gasteiger partial charge on any atom is 0.163 e. The van der Waals surface area contributed by atoms with Gasteiger partial charge in [0.2, 0.25) is 0 Å². The van der Waals surface area contributed by atoms with E-state index in [0.29, 0.717) is 5.84 Å². The molecule has 0 spiro atoms. The van der Waals surface area contributed by atoms with Crippen LogP contribution in [-0.4, -0.2) is 16.2 Å². The number of nitrogens with one attached hydrogen (secondary N) is 1. The molecule has 0 aliphatic carbocycles. The van der Waals surface area contributed by atoms with Crippen LogP contribution < -0.4 is 5.32 Å². The van der Waals surface area contributed by atoms with Crippen LogP contribution in [0.1, 0.15) is 22.9 Å². The van der Waals surface area contributed by atoms with E-state index in [1.54, 1.807) is 0 Å². The van der Waals surface area contributed by atoms with Crippen molar-refractivity contribution in [1.82, 2.24) is 9.88 Å². The lowest BCUT2D eigenvalue weighted by Gasteiger charge is -2.25. The number of nitrogens with zero attached hydrogens (tertiary/aromatic N) is 3. The van der Waals surface area contributed by atoms with Crippen molar-refractivity contribution < 1.29 is 8.83 Å². The average molecular weight is 783 g/mol. The van der Waals surface area contributed by atoms with E-state index in [4.69, 9.17) is 18.8 Å². The maximum absolute atomic E-state index is 6.54. The zero-order valence-electron chi connectivity index (χ0n) is 32.7. The van der Waals surface area contributed by atoms with E-state index in [2.05, 4.69) is 155 Å². The zero-order chi connectivity index (χ0) is 40.0. The molecular formula is C55H34N4O2. The number of para-hydroxylation sites is 4. The lowest BCUT2D eigenvalue weighted by molar-refractivity contribution is 0.663. The predicted molar refractivity (Wildman–Crippen MR) is 250 cm³/mol. The van der Waals surface area contributed by atoms with Gasteiger partial charge in [-0.3, -0.25) is 0 Å². The topological polar surface area (TPSA) is 68.0 Å². The van der Waals surface area contributed by atoms with Gasteiger partial charge in [0.1, 0.15) is 34.3 Å². The number of rotatable bonds is 5. The second kappa shape index (κ2) is 13.1. The van der Waals surface area contributed by atoms with Crippen molar-refractivity contribution in [2.24, 2.45) is 9.98 Å². The Labute approximate surface area is 349 Å². The van der Waals surface area contributed by atoms with Crippen LogP contribution in [0.5, 0.6) is 0 Å². The summed E-state index contributed by atoms with van der Waals surface area (Å²) in [4.78, 5) is 10.6. The third-order valence-corrected chi connectivity index (χ3v) is 12.2. The van der Waals surface area contributed by atoms with E-state index in [-0.39, 0.29) is 0 Å². The molecule has 3 aromatic heterocycles. The molecule has 0 saturated heterocycles. The summed E-state index contributed by atoms with van der Waals surface area (Å²) in [6.45, 7) is 0. The number of hydrogen-bond acceptors (Lipinski definition) is 5. The summed E-state index contributed by atoms with van der Waals surface area (Å²) in [6, 6.07) is 68.1. The van der Waals surface area contributed by atoms with Gasteiger partial charge in [-0.05, 0) is 76.5 Å². The number of furan rings is 2. The molecule has 6 heteroatoms. The van der Waals surface area contributed by atoms with Crippen LogP contribution in [0.15, 0.2) is 213 Å². The molecule has 0 amide bonds. The van der Waals surface area contributed by atoms with Crippen molar-refractivity contribution in [3.8, 4) is 16.8 Å². The molecule has 13 rings (SSSR count). The standard InChI is InChI=1S/C55H34N4O2/c1-2-14-33(15-3-1)53-56-54(58-55(57-53)42-23-12-22-40-38-19-7-10-25-48(38)61-52(40)42)36-28-29-46(44(31-36)39-21-13-27-50-51(39)41-20-8-11-26-49(41)60-50)59-45-24-9-6-18-37(45)43-30-34-16-4-5-17-35(34)32-47(43)59/h1-32,54H,(H,56,57,58). The largest absolute Gasteiger partial charge is 0.456 e. The Morgan fingerprint density at radius 2 is 1.13 bits per heavy atom. The molecule has 1 unspecified atom stereocenters. The van der Waals surface area contributed by atoms with Gasteiger partial charge in [0.15, 0.2) is 5.84 Å². The van der Waals surface area contributed by atoms with Gasteiger partial charge in [0.25, 0.3) is 0 Å². The van der Waals surface area contributed by atoms with Crippen molar-refractivity contribution in [3.63, 3.8) is 0 Å². The van der Waals surface area contributed by atoms with Gasteiger partial charge in [0, 0.05) is 43.4 Å². The number of hydrogen-bond donors (Lipinski definition) is 1. The fraction of sp³-hybridized carbons (Fsp3) is 0.0182. The van der Waals surface area contributed by atoms with Crippen molar-refractivity contribution in [1.29, 1.82) is 0 Å². The van der Waals surface area contributed by atoms with Crippen LogP contribution in [0, 0.1) is 0 Å². The van der Waals surface area contributed by atoms with Crippen LogP contribution in [0.4, 0.5) is 0 Å². The Morgan fingerprint density at radius 3 is 2.00 bits per heavy atom. The highest BCUT2D eigenvalue weighted by Gasteiger charge is 2.26. The second-order valence-corrected chi connectivity index (χ2v) is 15.7. The molecule has 4 heterocycles. The van der Waals surface area contributed by atoms with Crippen molar-refractivity contribution >= 4 is 88.1 Å². The van der Waals surface area contributed by atoms with Crippen LogP contribution in [0.25, 0.3) is 93.3 Å². The van der Waals surface area contributed by atoms with Crippen molar-refractivity contribution in [2.45, 2.75) is 6.17 Å². The van der Waals surface area contributed by atoms with Crippen LogP contribution in [-0.2, 0) is 0 Å². The molecule has 61 heavy (non-hydrogen) atoms. The lowest BCUT2D eigenvalue weighted by Crippen LogP contribution is -2.33. The van der Waals surface area contributed by atoms with Crippen LogP contribution in [0.3, 0.4) is 0 Å². The molecule has 6 nitrogen and oxygen atoms in total. The number of fused-ring (bicyclic) bond motifs is 10. The summed E-state index contributed by atoms with van der Waals surface area (Å²) in [5.74, 6) is 1.35. The highest BCUT2D eigenvalue weighted by molar-refractivity contribution is 6.20. The fourth-order valence-electron chi connectivity index (χ4n) is 9.45. The summed E-state index contributed by atoms with van der Waals surface area (Å²) in [5.41, 5.74) is 11.6. The monoisotopic (exact) mass is 782 g/mol. The lowest BCUT2D eigenvalue weighted by atomic mass is 9.95. The Hall–Kier alpha value is -8.22. The molecule has 0 fully saturated rings. The molecule has 1 N–H and O–H groups in total. The second-order valence-electron chi connectivity index (χ2n) is 15.7. The summed E-state index contributed by atoms with van der Waals surface area (Å²) >= 11 is 0. The Kier molecular flexibility index (Phi) is 7.27. The quantitative estimate of drug-likeness (QED) is 0.189. The highest BCUT2D eigenvalue weighted by atomic mass is 16.3. The van der Waals surface area contributed by atoms with E-state index in [1.807, 2.05) is 48.5 Å². The summed E-state index contributed by atoms with van der Waals surface area (Å²) in [7, 11) is 0. The molecule has 0 bridgehead atoms. The first-order valence-corrected chi connectivity index (χ1v) is 20.6. The minimum Gasteiger partial charge on any atom is -0.456 e. The summed E-state index contributed by atoms with van der Waals surface area (Å²) in [6.07, 6.45) is -0.475. The van der Waals surface area contributed by atoms with E-state index in [1.165, 1.54) is 21.5 Å². The Balaban J connectivity index is 1.08. The first kappa shape index (κ1) is 33.7. The average Bonchev–Trinajstić information content (AvgIpc) is 4.00. The number of aromatic nitrogens is 1. The molecule has 1 aliphatic heterocycles. The SMILES string of the molecule is c1ccc(C2=NC(c3cccc4c3oc3ccccc34)=NC(c3ccc(-n4c5ccccc5c5cc6ccccc6cc54)c(-c4cccc5oc6ccccc6c45)c3)N2)cc1. The molecule has 286 valence electrons. The predicted octanol–water partition coefficient (Wildman–Crippen LogP) is 13.9. The molecule has 0 saturated carbocycles. The molecule has 1 atom stereocenters. The summed E-state index contributed by atoms with van der Waals surface area (Å²) in [5, 5.41) is 12.8. The van der Waals surface area contributed by atoms with Crippen LogP contribution in [0.2, 0.25) is 0 Å². The van der Waals surface area contributed by atoms with E-state index >= 15 is 0 Å². The van der Waals surface area contributed by atoms with E-state index in [9.17, 15) is 0 Å². The minimum atomic E-state index is -0.475. The van der Waals surface area contributed by atoms with Gasteiger partial charge in [-0.15, -0.1) is 0 Å². The smallest absolute Gasteiger partial charge is 0.163 e. The first-order chi connectivity index (χ1) is 30.2. The molecule has 0 radical (unpaired) electrons. The van der Waals surface area contributed by atoms with Gasteiger partial charge in [-0.2, -0.15) is 0 Å². The van der Waals surface area contributed by atoms with Gasteiger partial charge >= 0.3 is 0 Å². The van der Waals surface area contributed by atoms with E-state index in [0.717, 1.165) is 94.3 Å². The first-order valence-electron chi connectivity index (χ1n) is 20.6. The molecular weight excluding hydrogens is 749 g/mol. The van der Waals surface area contributed by atoms with Gasteiger partial charge < -0.3 is 18.7 Å². The minimum absolute atomic E-state index is 0.475. The van der Waals surface area contributed by atoms with Crippen molar-refractivity contribution in [2.75, 3.05) is 0 Å². The van der Waals surface area contributed by atoms with Crippen molar-refractivity contribution in [3.05, 3.63) is 211 Å². The normalized spacial score (nSPS) is 14.4. The number of benzene rings is 9. The van der Waals surface area contributed by atoms with Crippen LogP contribution >= 0.6 is 0 Å². The fourth-order valence-corrected chi connectivity index (χ4v) is 9.45. The highest BCUT2D eigenvalue weighted by Crippen LogP contribution is 2.43. The van der Waals surface area contributed by atoms with Gasteiger partial charge in [-0.25, -0.2) is 9.98 Å². The zero-order valence-corrected chi connectivity index (χ0v) is 32.7. The van der Waals surface area contributed by atoms with Gasteiger partial charge in [-0.1, -0.05) is 140 Å². The molecule has 9 aromatic carbocycles. The molecule has 12 aromatic rings. The van der Waals surface area contributed by atoms with Gasteiger partial charge in [0.05, 0.1) is 22.3 Å². The summed E-state index contributed by atoms with van der Waals surface area (Å²) < 4.78 is 15.5. The third kappa shape index (κ3) is 5.22. The number of amidine groups is 2.